The third-order valence-electron chi connectivity index (χ3n) is 4.47. The van der Waals surface area contributed by atoms with Crippen molar-refractivity contribution in [1.29, 1.82) is 0 Å². The summed E-state index contributed by atoms with van der Waals surface area (Å²) in [5.41, 5.74) is 0.961. The average Bonchev–Trinajstić information content (AvgIpc) is 2.88. The highest BCUT2D eigenvalue weighted by Crippen LogP contribution is 2.24. The van der Waals surface area contributed by atoms with Gasteiger partial charge in [-0.2, -0.15) is 0 Å². The molecular weight excluding hydrogens is 384 g/mol. The maximum absolute atomic E-state index is 12.5. The zero-order chi connectivity index (χ0) is 20.0. The van der Waals surface area contributed by atoms with Crippen molar-refractivity contribution in [2.45, 2.75) is 6.54 Å². The number of nitrogens with zero attached hydrogens (tertiary/aromatic N) is 3. The van der Waals surface area contributed by atoms with Crippen molar-refractivity contribution in [2.24, 2.45) is 0 Å². The lowest BCUT2D eigenvalue weighted by Gasteiger charge is -2.09. The summed E-state index contributed by atoms with van der Waals surface area (Å²) >= 11 is 5.92. The van der Waals surface area contributed by atoms with Crippen molar-refractivity contribution in [3.05, 3.63) is 69.2 Å². The monoisotopic (exact) mass is 396 g/mol. The van der Waals surface area contributed by atoms with E-state index in [1.165, 1.54) is 42.2 Å². The van der Waals surface area contributed by atoms with Crippen LogP contribution in [-0.2, 0) is 11.3 Å². The summed E-state index contributed by atoms with van der Waals surface area (Å²) < 4.78 is 1.17. The zero-order valence-electron chi connectivity index (χ0n) is 14.6. The van der Waals surface area contributed by atoms with E-state index in [9.17, 15) is 19.2 Å². The van der Waals surface area contributed by atoms with Gasteiger partial charge in [-0.3, -0.25) is 28.6 Å². The number of halogens is 1. The first kappa shape index (κ1) is 17.9. The number of amides is 3. The number of rotatable bonds is 3. The summed E-state index contributed by atoms with van der Waals surface area (Å²) in [6.07, 6.45) is 1.29. The molecule has 0 saturated heterocycles. The summed E-state index contributed by atoms with van der Waals surface area (Å²) in [5.74, 6) is -1.29. The maximum atomic E-state index is 12.5. The van der Waals surface area contributed by atoms with Crippen LogP contribution >= 0.6 is 11.6 Å². The molecule has 1 aromatic heterocycles. The van der Waals surface area contributed by atoms with Crippen LogP contribution in [0.3, 0.4) is 0 Å². The highest BCUT2D eigenvalue weighted by Gasteiger charge is 2.32. The van der Waals surface area contributed by atoms with E-state index in [0.29, 0.717) is 21.6 Å². The average molecular weight is 397 g/mol. The molecule has 4 rings (SSSR count). The predicted molar refractivity (Wildman–Crippen MR) is 103 cm³/mol. The minimum absolute atomic E-state index is 0.226. The number of hydrogen-bond donors (Lipinski definition) is 1. The molecule has 0 unspecified atom stereocenters. The molecule has 8 nitrogen and oxygen atoms in total. The maximum Gasteiger partial charge on any atom is 0.261 e. The van der Waals surface area contributed by atoms with Gasteiger partial charge in [0.25, 0.3) is 17.4 Å². The quantitative estimate of drug-likeness (QED) is 0.681. The van der Waals surface area contributed by atoms with Crippen LogP contribution in [0.2, 0.25) is 5.02 Å². The molecule has 0 radical (unpaired) electrons. The summed E-state index contributed by atoms with van der Waals surface area (Å²) in [4.78, 5) is 54.0. The van der Waals surface area contributed by atoms with E-state index in [1.807, 2.05) is 0 Å². The number of carbonyl (C=O) groups excluding carboxylic acids is 3. The Morgan fingerprint density at radius 3 is 2.61 bits per heavy atom. The van der Waals surface area contributed by atoms with E-state index in [2.05, 4.69) is 10.3 Å². The smallest absolute Gasteiger partial charge is 0.261 e. The Bertz CT molecular complexity index is 1230. The van der Waals surface area contributed by atoms with Crippen LogP contribution in [0.5, 0.6) is 0 Å². The van der Waals surface area contributed by atoms with Crippen LogP contribution in [0, 0.1) is 0 Å². The molecular formula is C19H13ClN4O4. The highest BCUT2D eigenvalue weighted by molar-refractivity contribution is 6.31. The molecule has 0 spiro atoms. The fourth-order valence-electron chi connectivity index (χ4n) is 3.04. The lowest BCUT2D eigenvalue weighted by molar-refractivity contribution is -0.116. The molecule has 0 atom stereocenters. The molecule has 0 bridgehead atoms. The van der Waals surface area contributed by atoms with Gasteiger partial charge in [-0.15, -0.1) is 0 Å². The van der Waals surface area contributed by atoms with Crippen LogP contribution < -0.4 is 10.9 Å². The van der Waals surface area contributed by atoms with Gasteiger partial charge < -0.3 is 5.32 Å². The fraction of sp³-hybridized carbons (Fsp3) is 0.105. The number of aromatic nitrogens is 2. The van der Waals surface area contributed by atoms with Gasteiger partial charge in [-0.05, 0) is 36.4 Å². The Morgan fingerprint density at radius 2 is 1.82 bits per heavy atom. The van der Waals surface area contributed by atoms with Gasteiger partial charge in [0.15, 0.2) is 0 Å². The summed E-state index contributed by atoms with van der Waals surface area (Å²) in [7, 11) is 1.40. The highest BCUT2D eigenvalue weighted by atomic mass is 35.5. The normalized spacial score (nSPS) is 13.1. The molecule has 1 N–H and O–H groups in total. The number of carbonyl (C=O) groups is 3. The third-order valence-corrected chi connectivity index (χ3v) is 4.71. The fourth-order valence-corrected chi connectivity index (χ4v) is 3.21. The zero-order valence-corrected chi connectivity index (χ0v) is 15.4. The van der Waals surface area contributed by atoms with Gasteiger partial charge in [0, 0.05) is 17.8 Å². The lowest BCUT2D eigenvalue weighted by atomic mass is 10.1. The van der Waals surface area contributed by atoms with Gasteiger partial charge in [-0.25, -0.2) is 4.98 Å². The summed E-state index contributed by atoms with van der Waals surface area (Å²) in [5, 5.41) is 3.33. The topological polar surface area (TPSA) is 101 Å². The second-order valence-electron chi connectivity index (χ2n) is 6.32. The first-order chi connectivity index (χ1) is 13.3. The van der Waals surface area contributed by atoms with Crippen LogP contribution in [0.25, 0.3) is 10.9 Å². The van der Waals surface area contributed by atoms with Crippen molar-refractivity contribution in [1.82, 2.24) is 14.5 Å². The third kappa shape index (κ3) is 2.93. The second-order valence-corrected chi connectivity index (χ2v) is 6.75. The van der Waals surface area contributed by atoms with E-state index in [-0.39, 0.29) is 29.1 Å². The van der Waals surface area contributed by atoms with Crippen LogP contribution in [0.4, 0.5) is 5.69 Å². The van der Waals surface area contributed by atoms with E-state index >= 15 is 0 Å². The van der Waals surface area contributed by atoms with E-state index in [1.54, 1.807) is 12.1 Å². The Kier molecular flexibility index (Phi) is 4.20. The number of hydrogen-bond acceptors (Lipinski definition) is 5. The lowest BCUT2D eigenvalue weighted by Crippen LogP contribution is -2.28. The van der Waals surface area contributed by atoms with Crippen molar-refractivity contribution in [3.63, 3.8) is 0 Å². The van der Waals surface area contributed by atoms with Gasteiger partial charge in [0.05, 0.1) is 28.4 Å². The Hall–Kier alpha value is -3.52. The van der Waals surface area contributed by atoms with Crippen molar-refractivity contribution in [2.75, 3.05) is 12.4 Å². The molecule has 3 aromatic rings. The van der Waals surface area contributed by atoms with Crippen molar-refractivity contribution in [3.8, 4) is 0 Å². The Morgan fingerprint density at radius 1 is 1.07 bits per heavy atom. The molecule has 2 aromatic carbocycles. The first-order valence-electron chi connectivity index (χ1n) is 8.26. The second kappa shape index (κ2) is 6.58. The van der Waals surface area contributed by atoms with Crippen molar-refractivity contribution < 1.29 is 14.4 Å². The van der Waals surface area contributed by atoms with Crippen LogP contribution in [0.15, 0.2) is 47.5 Å². The minimum Gasteiger partial charge on any atom is -0.325 e. The van der Waals surface area contributed by atoms with Gasteiger partial charge >= 0.3 is 0 Å². The van der Waals surface area contributed by atoms with Gasteiger partial charge in [0.1, 0.15) is 6.54 Å². The largest absolute Gasteiger partial charge is 0.325 e. The molecule has 1 aliphatic rings. The number of imide groups is 1. The van der Waals surface area contributed by atoms with Gasteiger partial charge in [-0.1, -0.05) is 11.6 Å². The first-order valence-corrected chi connectivity index (χ1v) is 8.64. The summed E-state index contributed by atoms with van der Waals surface area (Å²) in [6.45, 7) is -0.266. The summed E-state index contributed by atoms with van der Waals surface area (Å²) in [6, 6.07) is 9.22. The Balaban J connectivity index is 1.57. The van der Waals surface area contributed by atoms with E-state index < -0.39 is 11.8 Å². The molecule has 28 heavy (non-hydrogen) atoms. The number of benzene rings is 2. The van der Waals surface area contributed by atoms with Gasteiger partial charge in [0.2, 0.25) is 5.91 Å². The SMILES string of the molecule is CN1C(=O)c2ccc(NC(=O)Cn3cnc4ccc(Cl)cc4c3=O)cc2C1=O. The molecule has 9 heteroatoms. The van der Waals surface area contributed by atoms with E-state index in [4.69, 9.17) is 11.6 Å². The molecule has 0 aliphatic carbocycles. The number of anilines is 1. The predicted octanol–water partition coefficient (Wildman–Crippen LogP) is 1.91. The molecule has 140 valence electrons. The standard InChI is InChI=1S/C19H13ClN4O4/c1-23-17(26)12-4-3-11(7-13(12)18(23)27)22-16(25)8-24-9-21-15-5-2-10(20)6-14(15)19(24)28/h2-7,9H,8H2,1H3,(H,22,25). The Labute approximate surface area is 163 Å². The number of nitrogens with one attached hydrogen (secondary N) is 1. The van der Waals surface area contributed by atoms with Crippen LogP contribution in [-0.4, -0.2) is 39.2 Å². The molecule has 0 saturated carbocycles. The molecule has 1 aliphatic heterocycles. The van der Waals surface area contributed by atoms with E-state index in [0.717, 1.165) is 4.90 Å². The number of fused-ring (bicyclic) bond motifs is 2. The van der Waals surface area contributed by atoms with Crippen molar-refractivity contribution >= 4 is 45.9 Å². The molecule has 2 heterocycles. The minimum atomic E-state index is -0.477. The molecule has 3 amide bonds. The van der Waals surface area contributed by atoms with Crippen LogP contribution in [0.1, 0.15) is 20.7 Å². The molecule has 0 fully saturated rings.